The van der Waals surface area contributed by atoms with Crippen LogP contribution in [0.25, 0.3) is 5.57 Å². The molecule has 20 heavy (non-hydrogen) atoms. The molecule has 0 aliphatic carbocycles. The van der Waals surface area contributed by atoms with E-state index in [9.17, 15) is 13.2 Å². The van der Waals surface area contributed by atoms with Crippen LogP contribution in [0, 0.1) is 0 Å². The minimum atomic E-state index is -4.41. The summed E-state index contributed by atoms with van der Waals surface area (Å²) in [6.07, 6.45) is -4.41. The van der Waals surface area contributed by atoms with Gasteiger partial charge in [0.1, 0.15) is 0 Å². The van der Waals surface area contributed by atoms with Gasteiger partial charge in [0.25, 0.3) is 0 Å². The van der Waals surface area contributed by atoms with Crippen molar-refractivity contribution in [3.05, 3.63) is 70.6 Å². The van der Waals surface area contributed by atoms with E-state index < -0.39 is 11.7 Å². The number of thioether (sulfide) groups is 1. The number of hydrogen-bond donors (Lipinski definition) is 0. The van der Waals surface area contributed by atoms with Crippen LogP contribution in [0.15, 0.2) is 64.9 Å². The zero-order chi connectivity index (χ0) is 14.6. The lowest BCUT2D eigenvalue weighted by Gasteiger charge is -2.12. The van der Waals surface area contributed by atoms with E-state index in [0.717, 1.165) is 22.1 Å². The zero-order valence-corrected chi connectivity index (χ0v) is 11.8. The minimum Gasteiger partial charge on any atom is -0.166 e. The van der Waals surface area contributed by atoms with Crippen molar-refractivity contribution in [2.24, 2.45) is 0 Å². The Morgan fingerprint density at radius 3 is 2.10 bits per heavy atom. The van der Waals surface area contributed by atoms with Crippen molar-refractivity contribution in [1.29, 1.82) is 0 Å². The Hall–Kier alpha value is -1.39. The molecule has 0 unspecified atom stereocenters. The van der Waals surface area contributed by atoms with Crippen LogP contribution in [-0.2, 0) is 0 Å². The molecule has 104 valence electrons. The average molecular weight is 315 g/mol. The fourth-order valence-electron chi connectivity index (χ4n) is 1.55. The Morgan fingerprint density at radius 1 is 0.950 bits per heavy atom. The van der Waals surface area contributed by atoms with Gasteiger partial charge in [-0.1, -0.05) is 53.7 Å². The van der Waals surface area contributed by atoms with Crippen LogP contribution in [-0.4, -0.2) is 6.18 Å². The molecule has 0 fully saturated rings. The van der Waals surface area contributed by atoms with E-state index in [1.807, 2.05) is 6.07 Å². The maximum atomic E-state index is 13.1. The second-order valence-electron chi connectivity index (χ2n) is 3.97. The van der Waals surface area contributed by atoms with Gasteiger partial charge in [-0.05, 0) is 35.2 Å². The monoisotopic (exact) mass is 314 g/mol. The van der Waals surface area contributed by atoms with Crippen molar-refractivity contribution in [3.63, 3.8) is 0 Å². The van der Waals surface area contributed by atoms with Crippen molar-refractivity contribution in [2.75, 3.05) is 0 Å². The number of benzene rings is 2. The van der Waals surface area contributed by atoms with Gasteiger partial charge in [-0.2, -0.15) is 13.2 Å². The van der Waals surface area contributed by atoms with E-state index >= 15 is 0 Å². The Morgan fingerprint density at radius 2 is 1.55 bits per heavy atom. The molecule has 2 aromatic rings. The summed E-state index contributed by atoms with van der Waals surface area (Å²) in [5.74, 6) is 0. The molecular formula is C15H10ClF3S. The fourth-order valence-corrected chi connectivity index (χ4v) is 2.52. The van der Waals surface area contributed by atoms with E-state index in [4.69, 9.17) is 11.6 Å². The fraction of sp³-hybridized carbons (Fsp3) is 0.0667. The maximum absolute atomic E-state index is 13.1. The summed E-state index contributed by atoms with van der Waals surface area (Å²) in [6.45, 7) is 0. The quantitative estimate of drug-likeness (QED) is 0.623. The van der Waals surface area contributed by atoms with E-state index in [-0.39, 0.29) is 5.56 Å². The summed E-state index contributed by atoms with van der Waals surface area (Å²) in [7, 11) is 0. The van der Waals surface area contributed by atoms with E-state index in [2.05, 4.69) is 0 Å². The molecule has 0 bridgehead atoms. The van der Waals surface area contributed by atoms with Crippen LogP contribution in [0.4, 0.5) is 13.2 Å². The number of alkyl halides is 3. The molecule has 0 aliphatic heterocycles. The van der Waals surface area contributed by atoms with Crippen molar-refractivity contribution < 1.29 is 13.2 Å². The summed E-state index contributed by atoms with van der Waals surface area (Å²) in [6, 6.07) is 14.5. The Bertz CT molecular complexity index is 589. The van der Waals surface area contributed by atoms with Crippen molar-refractivity contribution in [1.82, 2.24) is 0 Å². The highest BCUT2D eigenvalue weighted by molar-refractivity contribution is 8.02. The van der Waals surface area contributed by atoms with Crippen LogP contribution in [0.3, 0.4) is 0 Å². The molecule has 0 spiro atoms. The first-order chi connectivity index (χ1) is 9.47. The highest BCUT2D eigenvalue weighted by atomic mass is 35.5. The molecule has 0 aliphatic rings. The standard InChI is InChI=1S/C15H10ClF3S/c16-12-8-6-11(7-9-12)14(15(17,18)19)10-20-13-4-2-1-3-5-13/h1-10H/b14-10-. The summed E-state index contributed by atoms with van der Waals surface area (Å²) in [5, 5.41) is 1.53. The lowest BCUT2D eigenvalue weighted by atomic mass is 10.1. The van der Waals surface area contributed by atoms with Gasteiger partial charge in [0.2, 0.25) is 0 Å². The third-order valence-corrected chi connectivity index (χ3v) is 3.67. The molecule has 2 aromatic carbocycles. The van der Waals surface area contributed by atoms with E-state index in [1.54, 1.807) is 24.3 Å². The van der Waals surface area contributed by atoms with Crippen molar-refractivity contribution in [3.8, 4) is 0 Å². The SMILES string of the molecule is FC(F)(F)/C(=C\Sc1ccccc1)c1ccc(Cl)cc1. The molecule has 5 heteroatoms. The Kier molecular flexibility index (Phi) is 4.78. The van der Waals surface area contributed by atoms with E-state index in [1.165, 1.54) is 24.3 Å². The third kappa shape index (κ3) is 4.05. The Labute approximate surface area is 124 Å². The number of halogens is 4. The van der Waals surface area contributed by atoms with Gasteiger partial charge < -0.3 is 0 Å². The summed E-state index contributed by atoms with van der Waals surface area (Å²) in [5.41, 5.74) is -0.576. The third-order valence-electron chi connectivity index (χ3n) is 2.52. The second-order valence-corrected chi connectivity index (χ2v) is 5.35. The van der Waals surface area contributed by atoms with Crippen LogP contribution in [0.1, 0.15) is 5.56 Å². The summed E-state index contributed by atoms with van der Waals surface area (Å²) < 4.78 is 39.3. The predicted octanol–water partition coefficient (Wildman–Crippen LogP) is 6.04. The smallest absolute Gasteiger partial charge is 0.166 e. The van der Waals surface area contributed by atoms with Crippen molar-refractivity contribution >= 4 is 28.9 Å². The van der Waals surface area contributed by atoms with Gasteiger partial charge in [0.15, 0.2) is 0 Å². The zero-order valence-electron chi connectivity index (χ0n) is 10.2. The normalized spacial score (nSPS) is 12.5. The van der Waals surface area contributed by atoms with Gasteiger partial charge >= 0.3 is 6.18 Å². The van der Waals surface area contributed by atoms with Crippen LogP contribution in [0.5, 0.6) is 0 Å². The lowest BCUT2D eigenvalue weighted by molar-refractivity contribution is -0.0687. The number of rotatable bonds is 3. The van der Waals surface area contributed by atoms with E-state index in [0.29, 0.717) is 5.02 Å². The molecule has 2 rings (SSSR count). The topological polar surface area (TPSA) is 0 Å². The minimum absolute atomic E-state index is 0.102. The lowest BCUT2D eigenvalue weighted by Crippen LogP contribution is -2.10. The largest absolute Gasteiger partial charge is 0.417 e. The maximum Gasteiger partial charge on any atom is 0.417 e. The summed E-state index contributed by atoms with van der Waals surface area (Å²) in [4.78, 5) is 0.753. The van der Waals surface area contributed by atoms with Crippen LogP contribution >= 0.6 is 23.4 Å². The average Bonchev–Trinajstić information content (AvgIpc) is 2.41. The number of allylic oxidation sites excluding steroid dienone is 1. The molecule has 0 aromatic heterocycles. The molecule has 0 heterocycles. The molecule has 0 saturated carbocycles. The first-order valence-electron chi connectivity index (χ1n) is 5.72. The highest BCUT2D eigenvalue weighted by Gasteiger charge is 2.34. The first kappa shape index (κ1) is 15.0. The van der Waals surface area contributed by atoms with Gasteiger partial charge in [0, 0.05) is 9.92 Å². The predicted molar refractivity (Wildman–Crippen MR) is 77.8 cm³/mol. The number of hydrogen-bond acceptors (Lipinski definition) is 1. The Balaban J connectivity index is 2.31. The van der Waals surface area contributed by atoms with Gasteiger partial charge in [-0.15, -0.1) is 0 Å². The molecule has 0 atom stereocenters. The molecule has 0 N–H and O–H groups in total. The first-order valence-corrected chi connectivity index (χ1v) is 6.97. The molecule has 0 nitrogen and oxygen atoms in total. The van der Waals surface area contributed by atoms with Crippen LogP contribution < -0.4 is 0 Å². The second kappa shape index (κ2) is 6.37. The van der Waals surface area contributed by atoms with Crippen LogP contribution in [0.2, 0.25) is 5.02 Å². The van der Waals surface area contributed by atoms with Crippen molar-refractivity contribution in [2.45, 2.75) is 11.1 Å². The van der Waals surface area contributed by atoms with Gasteiger partial charge in [-0.25, -0.2) is 0 Å². The van der Waals surface area contributed by atoms with Gasteiger partial charge in [0.05, 0.1) is 5.57 Å². The molecule has 0 saturated heterocycles. The molecular weight excluding hydrogens is 305 g/mol. The highest BCUT2D eigenvalue weighted by Crippen LogP contribution is 2.37. The molecule has 0 amide bonds. The summed E-state index contributed by atoms with van der Waals surface area (Å²) >= 11 is 6.74. The van der Waals surface area contributed by atoms with Gasteiger partial charge in [-0.3, -0.25) is 0 Å². The molecule has 0 radical (unpaired) electrons.